The summed E-state index contributed by atoms with van der Waals surface area (Å²) >= 11 is 0. The van der Waals surface area contributed by atoms with E-state index in [2.05, 4.69) is 26.1 Å². The minimum absolute atomic E-state index is 0.0109. The molecule has 0 spiro atoms. The van der Waals surface area contributed by atoms with Crippen LogP contribution in [0.25, 0.3) is 33.7 Å². The number of benzene rings is 2. The van der Waals surface area contributed by atoms with Gasteiger partial charge in [-0.2, -0.15) is 23.4 Å². The summed E-state index contributed by atoms with van der Waals surface area (Å²) in [6, 6.07) is 13.5. The number of alkyl halides is 3. The van der Waals surface area contributed by atoms with Crippen molar-refractivity contribution >= 4 is 17.1 Å². The summed E-state index contributed by atoms with van der Waals surface area (Å²) in [5, 5.41) is 33.8. The number of methoxy groups -OCH3 is 1. The minimum atomic E-state index is -4.85. The molecule has 3 aliphatic rings. The average Bonchev–Trinajstić information content (AvgIpc) is 4.05. The number of oxazole rings is 1. The van der Waals surface area contributed by atoms with Gasteiger partial charge in [0.1, 0.15) is 30.5 Å². The molecular formula is C42H43F3N8O7. The molecule has 5 heterocycles. The van der Waals surface area contributed by atoms with Crippen LogP contribution in [0.5, 0.6) is 11.8 Å². The van der Waals surface area contributed by atoms with Gasteiger partial charge in [-0.15, -0.1) is 0 Å². The van der Waals surface area contributed by atoms with Crippen molar-refractivity contribution in [3.8, 4) is 40.4 Å². The number of fused-ring (bicyclic) bond motifs is 2. The molecule has 3 aromatic heterocycles. The molecule has 0 bridgehead atoms. The molecule has 0 radical (unpaired) electrons. The topological polar surface area (TPSA) is 185 Å². The zero-order chi connectivity index (χ0) is 42.3. The highest BCUT2D eigenvalue weighted by molar-refractivity contribution is 5.83. The Morgan fingerprint density at radius 1 is 1.00 bits per heavy atom. The smallest absolute Gasteiger partial charge is 0.438 e. The molecule has 3 atom stereocenters. The molecule has 2 aromatic carbocycles. The number of aliphatic hydroxyl groups excluding tert-OH is 1. The number of carboxylic acids is 1. The second-order valence-electron chi connectivity index (χ2n) is 15.3. The molecule has 2 fully saturated rings. The second kappa shape index (κ2) is 16.6. The van der Waals surface area contributed by atoms with Crippen molar-refractivity contribution in [3.05, 3.63) is 81.7 Å². The number of ether oxygens (including phenoxy) is 2. The Balaban J connectivity index is 1.10. The van der Waals surface area contributed by atoms with Crippen molar-refractivity contribution in [1.82, 2.24) is 29.3 Å². The van der Waals surface area contributed by atoms with Crippen LogP contribution < -0.4 is 15.0 Å². The van der Waals surface area contributed by atoms with Crippen LogP contribution in [0.3, 0.4) is 0 Å². The maximum absolute atomic E-state index is 14.5. The largest absolute Gasteiger partial charge is 0.481 e. The third-order valence-corrected chi connectivity index (χ3v) is 11.5. The molecule has 8 rings (SSSR count). The van der Waals surface area contributed by atoms with E-state index in [1.165, 1.54) is 14.2 Å². The zero-order valence-electron chi connectivity index (χ0n) is 33.2. The van der Waals surface area contributed by atoms with Gasteiger partial charge in [0.25, 0.3) is 0 Å². The molecule has 2 saturated heterocycles. The van der Waals surface area contributed by atoms with Gasteiger partial charge in [-0.05, 0) is 73.0 Å². The van der Waals surface area contributed by atoms with E-state index in [4.69, 9.17) is 23.7 Å². The van der Waals surface area contributed by atoms with Crippen LogP contribution in [0.4, 0.5) is 13.2 Å². The summed E-state index contributed by atoms with van der Waals surface area (Å²) in [7, 11) is 2.73. The first-order valence-corrected chi connectivity index (χ1v) is 19.6. The van der Waals surface area contributed by atoms with E-state index in [1.807, 2.05) is 43.3 Å². The van der Waals surface area contributed by atoms with Gasteiger partial charge in [-0.3, -0.25) is 9.69 Å². The molecule has 1 aliphatic carbocycles. The molecule has 15 nitrogen and oxygen atoms in total. The van der Waals surface area contributed by atoms with E-state index in [9.17, 15) is 33.4 Å². The van der Waals surface area contributed by atoms with E-state index >= 15 is 0 Å². The Morgan fingerprint density at radius 3 is 2.47 bits per heavy atom. The number of aromatic nitrogens is 4. The standard InChI is InChI=1S/C42H43F3N8O7/c1-23-27(6-4-7-28(23)38-48-34-35(60-38)25(18-46)20-53(37(34)50-58-3)17-16-51-14-12-24(19-51)41(55)56)29-8-5-9-31-30(29)10-11-33(31)59-40-36(42(43,44)45)47-32(39(49-40)57-2)22-52-15-13-26(54)21-52/h4-9,20,24,26,33,54H,10-17,19,21-22H2,1-3H3,(H,55,56)/b50-37-/t24-,26-,33+/m1/s1. The van der Waals surface area contributed by atoms with E-state index in [0.29, 0.717) is 81.5 Å². The predicted molar refractivity (Wildman–Crippen MR) is 208 cm³/mol. The van der Waals surface area contributed by atoms with Crippen molar-refractivity contribution in [1.29, 1.82) is 5.26 Å². The third kappa shape index (κ3) is 7.87. The summed E-state index contributed by atoms with van der Waals surface area (Å²) < 4.78 is 63.0. The number of aliphatic hydroxyl groups is 1. The number of nitriles is 1. The first-order chi connectivity index (χ1) is 28.9. The number of likely N-dealkylation sites (tertiary alicyclic amines) is 2. The SMILES string of the molecule is CO/N=c1/c2nc(-c3cccc(-c4cccc5c4CC[C@@H]5Oc4nc(OC)c(CN5CC[C@@H](O)C5)nc4C(F)(F)F)c3C)oc2c(C#N)cn1CCN1CC[C@@H](C(=O)O)C1. The van der Waals surface area contributed by atoms with Crippen molar-refractivity contribution in [2.45, 2.75) is 64.1 Å². The number of pyridine rings is 1. The number of carboxylic acid groups (broad SMARTS) is 1. The van der Waals surface area contributed by atoms with Crippen molar-refractivity contribution in [2.75, 3.05) is 46.9 Å². The van der Waals surface area contributed by atoms with Gasteiger partial charge in [0.15, 0.2) is 11.1 Å². The van der Waals surface area contributed by atoms with E-state index in [1.54, 1.807) is 15.7 Å². The summed E-state index contributed by atoms with van der Waals surface area (Å²) in [6.45, 7) is 4.79. The maximum atomic E-state index is 14.5. The molecule has 2 aliphatic heterocycles. The van der Waals surface area contributed by atoms with Gasteiger partial charge in [-0.1, -0.05) is 35.5 Å². The van der Waals surface area contributed by atoms with Gasteiger partial charge in [0, 0.05) is 51.0 Å². The lowest BCUT2D eigenvalue weighted by molar-refractivity contribution is -0.144. The van der Waals surface area contributed by atoms with Crippen LogP contribution in [-0.4, -0.2) is 98.5 Å². The molecule has 5 aromatic rings. The van der Waals surface area contributed by atoms with Crippen molar-refractivity contribution in [3.63, 3.8) is 0 Å². The fourth-order valence-electron chi connectivity index (χ4n) is 8.53. The lowest BCUT2D eigenvalue weighted by Crippen LogP contribution is -2.31. The average molecular weight is 829 g/mol. The summed E-state index contributed by atoms with van der Waals surface area (Å²) in [4.78, 5) is 33.6. The number of aliphatic carboxylic acids is 1. The predicted octanol–water partition coefficient (Wildman–Crippen LogP) is 5.46. The van der Waals surface area contributed by atoms with Gasteiger partial charge < -0.3 is 38.4 Å². The third-order valence-electron chi connectivity index (χ3n) is 11.5. The van der Waals surface area contributed by atoms with Gasteiger partial charge in [0.05, 0.1) is 19.1 Å². The number of β-amino-alcohol motifs (C(OH)–C–C–N with tert-alkyl or cyclic N) is 1. The molecule has 0 unspecified atom stereocenters. The first kappa shape index (κ1) is 40.7. The molecular weight excluding hydrogens is 786 g/mol. The van der Waals surface area contributed by atoms with Crippen LogP contribution in [-0.2, 0) is 35.3 Å². The number of hydrogen-bond donors (Lipinski definition) is 2. The molecule has 314 valence electrons. The highest BCUT2D eigenvalue weighted by atomic mass is 19.4. The Hall–Kier alpha value is -6.03. The molecule has 18 heteroatoms. The van der Waals surface area contributed by atoms with Crippen LogP contribution in [0.2, 0.25) is 0 Å². The van der Waals surface area contributed by atoms with E-state index in [0.717, 1.165) is 27.8 Å². The zero-order valence-corrected chi connectivity index (χ0v) is 33.2. The van der Waals surface area contributed by atoms with Crippen molar-refractivity contribution < 1.29 is 46.9 Å². The fourth-order valence-corrected chi connectivity index (χ4v) is 8.53. The number of nitrogens with zero attached hydrogens (tertiary/aromatic N) is 8. The Bertz CT molecular complexity index is 2570. The van der Waals surface area contributed by atoms with Gasteiger partial charge in [0.2, 0.25) is 28.8 Å². The molecule has 0 saturated carbocycles. The van der Waals surface area contributed by atoms with Crippen molar-refractivity contribution in [2.24, 2.45) is 11.1 Å². The number of carbonyl (C=O) groups is 1. The summed E-state index contributed by atoms with van der Waals surface area (Å²) in [5.41, 5.74) is 4.74. The Kier molecular flexibility index (Phi) is 11.2. The fraction of sp³-hybridized carbons (Fsp3) is 0.429. The molecule has 2 N–H and O–H groups in total. The van der Waals surface area contributed by atoms with Gasteiger partial charge >= 0.3 is 12.1 Å². The maximum Gasteiger partial charge on any atom is 0.438 e. The lowest BCUT2D eigenvalue weighted by atomic mass is 9.91. The first-order valence-electron chi connectivity index (χ1n) is 19.6. The highest BCUT2D eigenvalue weighted by Crippen LogP contribution is 2.44. The highest BCUT2D eigenvalue weighted by Gasteiger charge is 2.41. The normalized spacial score (nSPS) is 19.8. The minimum Gasteiger partial charge on any atom is -0.481 e. The lowest BCUT2D eigenvalue weighted by Gasteiger charge is -2.21. The number of halogens is 3. The van der Waals surface area contributed by atoms with Crippen LogP contribution in [0, 0.1) is 24.2 Å². The number of rotatable bonds is 12. The van der Waals surface area contributed by atoms with Crippen LogP contribution >= 0.6 is 0 Å². The van der Waals surface area contributed by atoms with E-state index < -0.39 is 41.8 Å². The second-order valence-corrected chi connectivity index (χ2v) is 15.3. The van der Waals surface area contributed by atoms with Crippen LogP contribution in [0.15, 0.2) is 52.2 Å². The quantitative estimate of drug-likeness (QED) is 0.151. The Labute approximate surface area is 342 Å². The monoisotopic (exact) mass is 828 g/mol. The Morgan fingerprint density at radius 2 is 1.77 bits per heavy atom. The molecule has 0 amide bonds. The summed E-state index contributed by atoms with van der Waals surface area (Å²) in [6.07, 6.45) is -2.53. The number of hydrogen-bond acceptors (Lipinski definition) is 13. The van der Waals surface area contributed by atoms with E-state index in [-0.39, 0.29) is 35.2 Å². The van der Waals surface area contributed by atoms with Crippen LogP contribution in [0.1, 0.15) is 59.0 Å². The summed E-state index contributed by atoms with van der Waals surface area (Å²) in [5.74, 6) is -1.72. The van der Waals surface area contributed by atoms with Gasteiger partial charge in [-0.25, -0.2) is 9.97 Å². The molecule has 60 heavy (non-hydrogen) atoms.